The van der Waals surface area contributed by atoms with Crippen LogP contribution in [0.3, 0.4) is 0 Å². The Morgan fingerprint density at radius 1 is 1.45 bits per heavy atom. The molecular formula is C12H12N4O3S. The van der Waals surface area contributed by atoms with Gasteiger partial charge >= 0.3 is 5.97 Å². The largest absolute Gasteiger partial charge is 0.478 e. The number of rotatable bonds is 4. The number of nitrogens with zero attached hydrogens (tertiary/aromatic N) is 2. The smallest absolute Gasteiger partial charge is 0.335 e. The van der Waals surface area contributed by atoms with E-state index in [-0.39, 0.29) is 17.2 Å². The van der Waals surface area contributed by atoms with Crippen LogP contribution in [0.2, 0.25) is 0 Å². The number of carbonyl (C=O) groups is 2. The molecule has 2 rings (SSSR count). The summed E-state index contributed by atoms with van der Waals surface area (Å²) in [7, 11) is 0. The number of carboxylic acid groups (broad SMARTS) is 1. The number of carbonyl (C=O) groups excluding carboxylic acids is 1. The Morgan fingerprint density at radius 3 is 2.80 bits per heavy atom. The summed E-state index contributed by atoms with van der Waals surface area (Å²) in [5.74, 6) is -1.43. The molecule has 0 spiro atoms. The van der Waals surface area contributed by atoms with E-state index < -0.39 is 5.97 Å². The van der Waals surface area contributed by atoms with Crippen molar-refractivity contribution in [1.82, 2.24) is 9.59 Å². The van der Waals surface area contributed by atoms with Gasteiger partial charge in [-0.1, -0.05) is 11.4 Å². The highest BCUT2D eigenvalue weighted by Gasteiger charge is 2.16. The van der Waals surface area contributed by atoms with Crippen LogP contribution in [0.5, 0.6) is 0 Å². The summed E-state index contributed by atoms with van der Waals surface area (Å²) >= 11 is 1.01. The van der Waals surface area contributed by atoms with E-state index in [0.29, 0.717) is 22.7 Å². The van der Waals surface area contributed by atoms with Crippen LogP contribution in [0.4, 0.5) is 11.4 Å². The van der Waals surface area contributed by atoms with Gasteiger partial charge in [0.15, 0.2) is 0 Å². The summed E-state index contributed by atoms with van der Waals surface area (Å²) < 4.78 is 3.74. The molecule has 0 saturated heterocycles. The number of nitrogen functional groups attached to an aromatic ring is 1. The fourth-order valence-corrected chi connectivity index (χ4v) is 2.25. The molecule has 0 bridgehead atoms. The highest BCUT2D eigenvalue weighted by Crippen LogP contribution is 2.22. The Morgan fingerprint density at radius 2 is 2.20 bits per heavy atom. The molecular weight excluding hydrogens is 280 g/mol. The molecule has 1 aromatic heterocycles. The molecule has 20 heavy (non-hydrogen) atoms. The van der Waals surface area contributed by atoms with Gasteiger partial charge in [-0.3, -0.25) is 4.79 Å². The van der Waals surface area contributed by atoms with Crippen LogP contribution in [0, 0.1) is 0 Å². The van der Waals surface area contributed by atoms with Gasteiger partial charge in [0, 0.05) is 0 Å². The molecule has 0 atom stereocenters. The summed E-state index contributed by atoms with van der Waals surface area (Å²) in [4.78, 5) is 23.3. The zero-order valence-electron chi connectivity index (χ0n) is 10.6. The number of carboxylic acids is 1. The van der Waals surface area contributed by atoms with Crippen molar-refractivity contribution in [2.45, 2.75) is 13.3 Å². The Kier molecular flexibility index (Phi) is 3.94. The number of aromatic nitrogens is 2. The minimum Gasteiger partial charge on any atom is -0.478 e. The van der Waals surface area contributed by atoms with Crippen LogP contribution >= 0.6 is 11.5 Å². The second-order valence-electron chi connectivity index (χ2n) is 3.96. The number of hydrogen-bond acceptors (Lipinski definition) is 6. The molecule has 2 aromatic rings. The maximum Gasteiger partial charge on any atom is 0.335 e. The normalized spacial score (nSPS) is 10.2. The average molecular weight is 292 g/mol. The first kappa shape index (κ1) is 13.9. The predicted molar refractivity (Wildman–Crippen MR) is 75.1 cm³/mol. The Bertz CT molecular complexity index is 668. The zero-order valence-corrected chi connectivity index (χ0v) is 11.4. The number of amides is 1. The summed E-state index contributed by atoms with van der Waals surface area (Å²) in [6.45, 7) is 1.88. The van der Waals surface area contributed by atoms with Crippen LogP contribution in [-0.4, -0.2) is 26.6 Å². The summed E-state index contributed by atoms with van der Waals surface area (Å²) in [6.07, 6.45) is 0.604. The van der Waals surface area contributed by atoms with Crippen LogP contribution in [0.25, 0.3) is 0 Å². The van der Waals surface area contributed by atoms with Crippen LogP contribution in [0.1, 0.15) is 32.6 Å². The first-order valence-corrected chi connectivity index (χ1v) is 6.55. The number of nitrogens with two attached hydrogens (primary N) is 1. The third-order valence-corrected chi connectivity index (χ3v) is 3.41. The van der Waals surface area contributed by atoms with Crippen molar-refractivity contribution in [2.75, 3.05) is 11.1 Å². The summed E-state index contributed by atoms with van der Waals surface area (Å²) in [6, 6.07) is 4.13. The first-order valence-electron chi connectivity index (χ1n) is 5.78. The molecule has 0 aliphatic rings. The van der Waals surface area contributed by atoms with Gasteiger partial charge in [0.2, 0.25) is 0 Å². The van der Waals surface area contributed by atoms with Gasteiger partial charge in [-0.2, -0.15) is 0 Å². The maximum atomic E-state index is 12.1. The molecule has 104 valence electrons. The minimum absolute atomic E-state index is 0.0641. The van der Waals surface area contributed by atoms with E-state index in [4.69, 9.17) is 10.8 Å². The van der Waals surface area contributed by atoms with Crippen LogP contribution in [0.15, 0.2) is 18.2 Å². The van der Waals surface area contributed by atoms with Gasteiger partial charge in [0.25, 0.3) is 5.91 Å². The second-order valence-corrected chi connectivity index (χ2v) is 4.72. The lowest BCUT2D eigenvalue weighted by Gasteiger charge is -2.08. The molecule has 1 aromatic carbocycles. The number of nitrogens with one attached hydrogen (secondary N) is 1. The van der Waals surface area contributed by atoms with E-state index in [9.17, 15) is 9.59 Å². The van der Waals surface area contributed by atoms with Crippen molar-refractivity contribution in [1.29, 1.82) is 0 Å². The molecule has 0 fully saturated rings. The number of anilines is 2. The van der Waals surface area contributed by atoms with Crippen molar-refractivity contribution in [2.24, 2.45) is 0 Å². The molecule has 0 aliphatic heterocycles. The fourth-order valence-electron chi connectivity index (χ4n) is 1.60. The second kappa shape index (κ2) is 5.66. The highest BCUT2D eigenvalue weighted by molar-refractivity contribution is 7.08. The third-order valence-electron chi connectivity index (χ3n) is 2.64. The Balaban J connectivity index is 2.22. The molecule has 0 aliphatic carbocycles. The average Bonchev–Trinajstić information content (AvgIpc) is 2.89. The number of aryl methyl sites for hydroxylation is 1. The van der Waals surface area contributed by atoms with Crippen molar-refractivity contribution >= 4 is 34.8 Å². The topological polar surface area (TPSA) is 118 Å². The van der Waals surface area contributed by atoms with Gasteiger partial charge in [-0.05, 0) is 36.2 Å². The number of hydrogen-bond donors (Lipinski definition) is 3. The molecule has 0 radical (unpaired) electrons. The van der Waals surface area contributed by atoms with Gasteiger partial charge in [0.1, 0.15) is 4.88 Å². The van der Waals surface area contributed by atoms with Crippen molar-refractivity contribution in [3.05, 3.63) is 34.3 Å². The van der Waals surface area contributed by atoms with Crippen molar-refractivity contribution < 1.29 is 14.7 Å². The highest BCUT2D eigenvalue weighted by atomic mass is 32.1. The standard InChI is InChI=1S/C12H12N4O3S/c1-2-8-10(20-16-15-8)11(17)14-9-4-3-6(12(18)19)5-7(9)13/h3-5H,2,13H2,1H3,(H,14,17)(H,18,19). The Labute approximate surface area is 118 Å². The maximum absolute atomic E-state index is 12.1. The van der Waals surface area contributed by atoms with Gasteiger partial charge in [0.05, 0.1) is 22.6 Å². The van der Waals surface area contributed by atoms with Crippen molar-refractivity contribution in [3.63, 3.8) is 0 Å². The SMILES string of the molecule is CCc1nnsc1C(=O)Nc1ccc(C(=O)O)cc1N. The van der Waals surface area contributed by atoms with Gasteiger partial charge in [-0.15, -0.1) is 5.10 Å². The zero-order chi connectivity index (χ0) is 14.7. The number of aromatic carboxylic acids is 1. The molecule has 1 amide bonds. The van der Waals surface area contributed by atoms with E-state index in [0.717, 1.165) is 11.5 Å². The minimum atomic E-state index is -1.07. The van der Waals surface area contributed by atoms with Gasteiger partial charge < -0.3 is 16.2 Å². The van der Waals surface area contributed by atoms with Crippen molar-refractivity contribution in [3.8, 4) is 0 Å². The lowest BCUT2D eigenvalue weighted by molar-refractivity contribution is 0.0697. The van der Waals surface area contributed by atoms with Gasteiger partial charge in [-0.25, -0.2) is 4.79 Å². The quantitative estimate of drug-likeness (QED) is 0.737. The Hall–Kier alpha value is -2.48. The number of benzene rings is 1. The lowest BCUT2D eigenvalue weighted by Crippen LogP contribution is -2.14. The molecule has 8 heteroatoms. The van der Waals surface area contributed by atoms with E-state index in [2.05, 4.69) is 14.9 Å². The molecule has 0 saturated carbocycles. The van der Waals surface area contributed by atoms with Crippen LogP contribution in [-0.2, 0) is 6.42 Å². The van der Waals surface area contributed by atoms with E-state index in [1.165, 1.54) is 18.2 Å². The molecule has 0 unspecified atom stereocenters. The molecule has 4 N–H and O–H groups in total. The van der Waals surface area contributed by atoms with Crippen LogP contribution < -0.4 is 11.1 Å². The monoisotopic (exact) mass is 292 g/mol. The predicted octanol–water partition coefficient (Wildman–Crippen LogP) is 1.63. The third kappa shape index (κ3) is 2.75. The summed E-state index contributed by atoms with van der Waals surface area (Å²) in [5, 5.41) is 15.3. The molecule has 1 heterocycles. The fraction of sp³-hybridized carbons (Fsp3) is 0.167. The lowest BCUT2D eigenvalue weighted by atomic mass is 10.1. The van der Waals surface area contributed by atoms with E-state index >= 15 is 0 Å². The van der Waals surface area contributed by atoms with E-state index in [1.54, 1.807) is 0 Å². The van der Waals surface area contributed by atoms with E-state index in [1.807, 2.05) is 6.92 Å². The summed E-state index contributed by atoms with van der Waals surface area (Å²) in [5.41, 5.74) is 6.95. The first-order chi connectivity index (χ1) is 9.52. The molecule has 7 nitrogen and oxygen atoms in total.